The summed E-state index contributed by atoms with van der Waals surface area (Å²) in [6.07, 6.45) is -4.66. The summed E-state index contributed by atoms with van der Waals surface area (Å²) in [4.78, 5) is 0. The van der Waals surface area contributed by atoms with Crippen molar-refractivity contribution in [2.24, 2.45) is 0 Å². The SMILES string of the molecule is FC(F)(F)Oc1cccc(-c2cc[c]cc2)c1. The van der Waals surface area contributed by atoms with Gasteiger partial charge < -0.3 is 4.74 Å². The Balaban J connectivity index is 2.29. The first-order valence-corrected chi connectivity index (χ1v) is 4.87. The molecule has 2 rings (SSSR count). The summed E-state index contributed by atoms with van der Waals surface area (Å²) in [6.45, 7) is 0. The van der Waals surface area contributed by atoms with E-state index in [1.165, 1.54) is 18.2 Å². The molecule has 0 fully saturated rings. The molecule has 0 amide bonds. The zero-order valence-corrected chi connectivity index (χ0v) is 8.66. The predicted molar refractivity (Wildman–Crippen MR) is 57.4 cm³/mol. The summed E-state index contributed by atoms with van der Waals surface area (Å²) in [5.74, 6) is -0.220. The van der Waals surface area contributed by atoms with Crippen molar-refractivity contribution < 1.29 is 17.9 Å². The van der Waals surface area contributed by atoms with Gasteiger partial charge in [-0.1, -0.05) is 36.4 Å². The van der Waals surface area contributed by atoms with Gasteiger partial charge in [-0.15, -0.1) is 13.2 Å². The Morgan fingerprint density at radius 1 is 0.941 bits per heavy atom. The van der Waals surface area contributed by atoms with Crippen LogP contribution in [0.5, 0.6) is 5.75 Å². The molecule has 0 unspecified atom stereocenters. The second-order valence-corrected chi connectivity index (χ2v) is 3.36. The summed E-state index contributed by atoms with van der Waals surface area (Å²) in [5.41, 5.74) is 1.48. The van der Waals surface area contributed by atoms with Crippen LogP contribution in [-0.2, 0) is 0 Å². The summed E-state index contributed by atoms with van der Waals surface area (Å²) < 4.78 is 40.0. The quantitative estimate of drug-likeness (QED) is 0.765. The molecule has 0 aliphatic rings. The molecule has 0 aliphatic heterocycles. The van der Waals surface area contributed by atoms with Gasteiger partial charge in [0.2, 0.25) is 0 Å². The van der Waals surface area contributed by atoms with Gasteiger partial charge in [-0.25, -0.2) is 0 Å². The zero-order chi connectivity index (χ0) is 12.3. The molecule has 2 aromatic carbocycles. The van der Waals surface area contributed by atoms with E-state index in [4.69, 9.17) is 0 Å². The highest BCUT2D eigenvalue weighted by atomic mass is 19.4. The van der Waals surface area contributed by atoms with Gasteiger partial charge >= 0.3 is 6.36 Å². The van der Waals surface area contributed by atoms with Crippen LogP contribution in [0, 0.1) is 6.07 Å². The summed E-state index contributed by atoms with van der Waals surface area (Å²) in [5, 5.41) is 0. The number of hydrogen-bond donors (Lipinski definition) is 0. The lowest BCUT2D eigenvalue weighted by Gasteiger charge is -2.10. The van der Waals surface area contributed by atoms with Crippen molar-refractivity contribution in [3.8, 4) is 16.9 Å². The summed E-state index contributed by atoms with van der Waals surface area (Å²) in [7, 11) is 0. The molecule has 0 atom stereocenters. The van der Waals surface area contributed by atoms with E-state index < -0.39 is 6.36 Å². The van der Waals surface area contributed by atoms with Gasteiger partial charge in [0.05, 0.1) is 0 Å². The minimum absolute atomic E-state index is 0.220. The molecule has 0 heterocycles. The maximum Gasteiger partial charge on any atom is 0.573 e. The van der Waals surface area contributed by atoms with Gasteiger partial charge in [0.1, 0.15) is 5.75 Å². The summed E-state index contributed by atoms with van der Waals surface area (Å²) in [6, 6.07) is 15.6. The molecule has 1 nitrogen and oxygen atoms in total. The molecule has 0 N–H and O–H groups in total. The van der Waals surface area contributed by atoms with Gasteiger partial charge in [0, 0.05) is 0 Å². The van der Waals surface area contributed by atoms with Gasteiger partial charge in [-0.2, -0.15) is 0 Å². The Labute approximate surface area is 96.5 Å². The third-order valence-corrected chi connectivity index (χ3v) is 2.12. The topological polar surface area (TPSA) is 9.23 Å². The van der Waals surface area contributed by atoms with Gasteiger partial charge in [-0.3, -0.25) is 0 Å². The lowest BCUT2D eigenvalue weighted by molar-refractivity contribution is -0.274. The van der Waals surface area contributed by atoms with E-state index in [0.717, 1.165) is 5.56 Å². The van der Waals surface area contributed by atoms with E-state index in [2.05, 4.69) is 10.8 Å². The van der Waals surface area contributed by atoms with Gasteiger partial charge in [0.25, 0.3) is 0 Å². The first-order valence-electron chi connectivity index (χ1n) is 4.87. The van der Waals surface area contributed by atoms with Crippen molar-refractivity contribution in [1.82, 2.24) is 0 Å². The van der Waals surface area contributed by atoms with Crippen molar-refractivity contribution in [3.05, 3.63) is 54.6 Å². The van der Waals surface area contributed by atoms with Crippen LogP contribution >= 0.6 is 0 Å². The van der Waals surface area contributed by atoms with Crippen LogP contribution in [0.3, 0.4) is 0 Å². The van der Waals surface area contributed by atoms with Crippen LogP contribution in [0.4, 0.5) is 13.2 Å². The van der Waals surface area contributed by atoms with Crippen LogP contribution < -0.4 is 4.74 Å². The number of halogens is 3. The molecule has 87 valence electrons. The Bertz CT molecular complexity index is 492. The molecular weight excluding hydrogens is 229 g/mol. The molecule has 0 bridgehead atoms. The van der Waals surface area contributed by atoms with Crippen LogP contribution in [0.2, 0.25) is 0 Å². The Morgan fingerprint density at radius 3 is 2.29 bits per heavy atom. The third-order valence-electron chi connectivity index (χ3n) is 2.12. The Kier molecular flexibility index (Phi) is 3.04. The van der Waals surface area contributed by atoms with Crippen LogP contribution in [0.15, 0.2) is 48.5 Å². The molecule has 0 saturated carbocycles. The second-order valence-electron chi connectivity index (χ2n) is 3.36. The fraction of sp³-hybridized carbons (Fsp3) is 0.0769. The molecule has 17 heavy (non-hydrogen) atoms. The van der Waals surface area contributed by atoms with Gasteiger partial charge in [0.15, 0.2) is 0 Å². The Hall–Kier alpha value is -1.97. The van der Waals surface area contributed by atoms with Crippen molar-refractivity contribution >= 4 is 0 Å². The minimum Gasteiger partial charge on any atom is -0.406 e. The highest BCUT2D eigenvalue weighted by molar-refractivity contribution is 5.64. The smallest absolute Gasteiger partial charge is 0.406 e. The molecule has 0 aromatic heterocycles. The minimum atomic E-state index is -4.66. The molecule has 0 saturated heterocycles. The lowest BCUT2D eigenvalue weighted by atomic mass is 10.1. The fourth-order valence-electron chi connectivity index (χ4n) is 1.45. The molecular formula is C13H8F3O. The fourth-order valence-corrected chi connectivity index (χ4v) is 1.45. The number of benzene rings is 2. The van der Waals surface area contributed by atoms with Crippen molar-refractivity contribution in [2.75, 3.05) is 0 Å². The van der Waals surface area contributed by atoms with E-state index in [1.54, 1.807) is 30.3 Å². The lowest BCUT2D eigenvalue weighted by Crippen LogP contribution is -2.17. The van der Waals surface area contributed by atoms with E-state index in [9.17, 15) is 13.2 Å². The average molecular weight is 237 g/mol. The second kappa shape index (κ2) is 4.49. The van der Waals surface area contributed by atoms with E-state index in [-0.39, 0.29) is 5.75 Å². The molecule has 2 aromatic rings. The Morgan fingerprint density at radius 2 is 1.65 bits per heavy atom. The zero-order valence-electron chi connectivity index (χ0n) is 8.66. The maximum absolute atomic E-state index is 12.0. The maximum atomic E-state index is 12.0. The van der Waals surface area contributed by atoms with Crippen LogP contribution in [0.1, 0.15) is 0 Å². The molecule has 4 heteroatoms. The van der Waals surface area contributed by atoms with Crippen molar-refractivity contribution in [2.45, 2.75) is 6.36 Å². The standard InChI is InChI=1S/C13H8F3O/c14-13(15,16)17-12-8-4-7-11(9-12)10-5-2-1-3-6-10/h2-9H. The van der Waals surface area contributed by atoms with E-state index in [0.29, 0.717) is 5.56 Å². The molecule has 1 radical (unpaired) electrons. The van der Waals surface area contributed by atoms with Gasteiger partial charge in [-0.05, 0) is 29.3 Å². The first kappa shape index (κ1) is 11.5. The molecule has 0 aliphatic carbocycles. The number of alkyl halides is 3. The molecule has 0 spiro atoms. The van der Waals surface area contributed by atoms with Crippen molar-refractivity contribution in [1.29, 1.82) is 0 Å². The average Bonchev–Trinajstić information content (AvgIpc) is 2.28. The monoisotopic (exact) mass is 237 g/mol. The number of hydrogen-bond acceptors (Lipinski definition) is 1. The largest absolute Gasteiger partial charge is 0.573 e. The van der Waals surface area contributed by atoms with Crippen LogP contribution in [-0.4, -0.2) is 6.36 Å². The first-order chi connectivity index (χ1) is 8.04. The van der Waals surface area contributed by atoms with Crippen molar-refractivity contribution in [3.63, 3.8) is 0 Å². The third kappa shape index (κ3) is 3.24. The highest BCUT2D eigenvalue weighted by Gasteiger charge is 2.31. The predicted octanol–water partition coefficient (Wildman–Crippen LogP) is 4.05. The number of rotatable bonds is 2. The van der Waals surface area contributed by atoms with Crippen LogP contribution in [0.25, 0.3) is 11.1 Å². The normalized spacial score (nSPS) is 11.2. The van der Waals surface area contributed by atoms with E-state index in [1.807, 2.05) is 0 Å². The van der Waals surface area contributed by atoms with E-state index >= 15 is 0 Å². The number of ether oxygens (including phenoxy) is 1. The summed E-state index contributed by atoms with van der Waals surface area (Å²) >= 11 is 0. The highest BCUT2D eigenvalue weighted by Crippen LogP contribution is 2.27.